The van der Waals surface area contributed by atoms with Gasteiger partial charge in [-0.25, -0.2) is 4.39 Å². The van der Waals surface area contributed by atoms with Crippen molar-refractivity contribution in [3.63, 3.8) is 0 Å². The summed E-state index contributed by atoms with van der Waals surface area (Å²) in [4.78, 5) is 0. The van der Waals surface area contributed by atoms with E-state index in [1.54, 1.807) is 6.92 Å². The molecule has 0 spiro atoms. The predicted molar refractivity (Wildman–Crippen MR) is 58.5 cm³/mol. The van der Waals surface area contributed by atoms with Crippen LogP contribution in [0.5, 0.6) is 0 Å². The van der Waals surface area contributed by atoms with Crippen LogP contribution >= 0.6 is 11.6 Å². The standard InChI is InChI=1S/C11H15ClFN/c1-7-6-9(4-5-14-3)8(2)11(13)10(7)12/h6,14H,4-5H2,1-3H3. The normalized spacial score (nSPS) is 10.6. The Morgan fingerprint density at radius 2 is 2.07 bits per heavy atom. The summed E-state index contributed by atoms with van der Waals surface area (Å²) < 4.78 is 13.5. The Morgan fingerprint density at radius 3 is 2.64 bits per heavy atom. The number of benzene rings is 1. The maximum absolute atomic E-state index is 13.5. The monoisotopic (exact) mass is 215 g/mol. The molecule has 0 aliphatic heterocycles. The van der Waals surface area contributed by atoms with Crippen molar-refractivity contribution in [1.82, 2.24) is 5.32 Å². The van der Waals surface area contributed by atoms with Gasteiger partial charge < -0.3 is 5.32 Å². The van der Waals surface area contributed by atoms with Crippen LogP contribution in [0.4, 0.5) is 4.39 Å². The molecule has 0 aromatic heterocycles. The molecule has 0 bridgehead atoms. The van der Waals surface area contributed by atoms with Gasteiger partial charge in [0.25, 0.3) is 0 Å². The Bertz CT molecular complexity index is 337. The molecule has 0 amide bonds. The molecule has 0 unspecified atom stereocenters. The van der Waals surface area contributed by atoms with Crippen LogP contribution in [0, 0.1) is 19.7 Å². The summed E-state index contributed by atoms with van der Waals surface area (Å²) in [5.41, 5.74) is 2.50. The molecule has 14 heavy (non-hydrogen) atoms. The lowest BCUT2D eigenvalue weighted by Gasteiger charge is -2.10. The van der Waals surface area contributed by atoms with Crippen LogP contribution in [0.25, 0.3) is 0 Å². The van der Waals surface area contributed by atoms with E-state index in [4.69, 9.17) is 11.6 Å². The Balaban J connectivity index is 3.06. The van der Waals surface area contributed by atoms with Crippen molar-refractivity contribution in [3.8, 4) is 0 Å². The molecule has 1 N–H and O–H groups in total. The van der Waals surface area contributed by atoms with Crippen LogP contribution in [0.3, 0.4) is 0 Å². The number of nitrogens with one attached hydrogen (secondary N) is 1. The van der Waals surface area contributed by atoms with Gasteiger partial charge in [0.05, 0.1) is 5.02 Å². The van der Waals surface area contributed by atoms with Crippen LogP contribution in [0.2, 0.25) is 5.02 Å². The molecule has 0 aliphatic rings. The summed E-state index contributed by atoms with van der Waals surface area (Å²) in [7, 11) is 1.88. The molecule has 0 saturated carbocycles. The number of hydrogen-bond acceptors (Lipinski definition) is 1. The first-order valence-electron chi connectivity index (χ1n) is 4.66. The Hall–Kier alpha value is -0.600. The van der Waals surface area contributed by atoms with Crippen LogP contribution < -0.4 is 5.32 Å². The minimum atomic E-state index is -0.280. The lowest BCUT2D eigenvalue weighted by atomic mass is 10.0. The topological polar surface area (TPSA) is 12.0 Å². The summed E-state index contributed by atoms with van der Waals surface area (Å²) in [6.07, 6.45) is 0.831. The second-order valence-corrected chi connectivity index (χ2v) is 3.84. The third-order valence-corrected chi connectivity index (χ3v) is 2.85. The van der Waals surface area contributed by atoms with Gasteiger partial charge in [-0.3, -0.25) is 0 Å². The minimum Gasteiger partial charge on any atom is -0.319 e. The first-order valence-corrected chi connectivity index (χ1v) is 5.04. The van der Waals surface area contributed by atoms with Crippen molar-refractivity contribution in [2.75, 3.05) is 13.6 Å². The van der Waals surface area contributed by atoms with E-state index >= 15 is 0 Å². The second kappa shape index (κ2) is 4.76. The minimum absolute atomic E-state index is 0.246. The predicted octanol–water partition coefficient (Wildman–Crippen LogP) is 2.86. The summed E-state index contributed by atoms with van der Waals surface area (Å²) in [6.45, 7) is 4.45. The molecule has 0 saturated heterocycles. The molecule has 78 valence electrons. The highest BCUT2D eigenvalue weighted by Gasteiger charge is 2.10. The fourth-order valence-electron chi connectivity index (χ4n) is 1.43. The zero-order chi connectivity index (χ0) is 10.7. The smallest absolute Gasteiger partial charge is 0.145 e. The van der Waals surface area contributed by atoms with E-state index in [1.807, 2.05) is 20.0 Å². The van der Waals surface area contributed by atoms with Crippen molar-refractivity contribution in [3.05, 3.63) is 33.6 Å². The SMILES string of the molecule is CNCCc1cc(C)c(Cl)c(F)c1C. The summed E-state index contributed by atoms with van der Waals surface area (Å²) in [5.74, 6) is -0.280. The zero-order valence-electron chi connectivity index (χ0n) is 8.75. The van der Waals surface area contributed by atoms with Gasteiger partial charge in [0, 0.05) is 0 Å². The lowest BCUT2D eigenvalue weighted by Crippen LogP contribution is -2.11. The molecular weight excluding hydrogens is 201 g/mol. The second-order valence-electron chi connectivity index (χ2n) is 3.46. The van der Waals surface area contributed by atoms with Gasteiger partial charge >= 0.3 is 0 Å². The third kappa shape index (κ3) is 2.25. The highest BCUT2D eigenvalue weighted by molar-refractivity contribution is 6.31. The van der Waals surface area contributed by atoms with E-state index in [0.717, 1.165) is 24.1 Å². The van der Waals surface area contributed by atoms with Crippen LogP contribution in [-0.2, 0) is 6.42 Å². The van der Waals surface area contributed by atoms with Gasteiger partial charge in [-0.1, -0.05) is 17.7 Å². The molecule has 3 heteroatoms. The zero-order valence-corrected chi connectivity index (χ0v) is 9.50. The molecule has 1 aromatic rings. The van der Waals surface area contributed by atoms with E-state index < -0.39 is 0 Å². The lowest BCUT2D eigenvalue weighted by molar-refractivity contribution is 0.613. The van der Waals surface area contributed by atoms with Gasteiger partial charge in [-0.2, -0.15) is 0 Å². The largest absolute Gasteiger partial charge is 0.319 e. The number of rotatable bonds is 3. The maximum atomic E-state index is 13.5. The first-order chi connectivity index (χ1) is 6.57. The van der Waals surface area contributed by atoms with Gasteiger partial charge in [0.15, 0.2) is 0 Å². The molecule has 0 radical (unpaired) electrons. The van der Waals surface area contributed by atoms with E-state index in [9.17, 15) is 4.39 Å². The molecule has 1 aromatic carbocycles. The highest BCUT2D eigenvalue weighted by atomic mass is 35.5. The van der Waals surface area contributed by atoms with E-state index in [2.05, 4.69) is 5.32 Å². The molecular formula is C11H15ClFN. The van der Waals surface area contributed by atoms with Crippen LogP contribution in [0.1, 0.15) is 16.7 Å². The Kier molecular flexibility index (Phi) is 3.90. The van der Waals surface area contributed by atoms with Gasteiger partial charge in [-0.05, 0) is 50.6 Å². The van der Waals surface area contributed by atoms with E-state index in [0.29, 0.717) is 5.56 Å². The van der Waals surface area contributed by atoms with Gasteiger partial charge in [0.1, 0.15) is 5.82 Å². The van der Waals surface area contributed by atoms with Crippen molar-refractivity contribution in [2.24, 2.45) is 0 Å². The van der Waals surface area contributed by atoms with Gasteiger partial charge in [0.2, 0.25) is 0 Å². The molecule has 0 fully saturated rings. The fourth-order valence-corrected chi connectivity index (χ4v) is 1.63. The van der Waals surface area contributed by atoms with Crippen molar-refractivity contribution >= 4 is 11.6 Å². The van der Waals surface area contributed by atoms with Crippen molar-refractivity contribution < 1.29 is 4.39 Å². The number of likely N-dealkylation sites (N-methyl/N-ethyl adjacent to an activating group) is 1. The maximum Gasteiger partial charge on any atom is 0.145 e. The fraction of sp³-hybridized carbons (Fsp3) is 0.455. The quantitative estimate of drug-likeness (QED) is 0.818. The summed E-state index contributed by atoms with van der Waals surface area (Å²) in [5, 5.41) is 3.29. The third-order valence-electron chi connectivity index (χ3n) is 2.38. The van der Waals surface area contributed by atoms with E-state index in [-0.39, 0.29) is 10.8 Å². The Morgan fingerprint density at radius 1 is 1.43 bits per heavy atom. The van der Waals surface area contributed by atoms with Crippen LogP contribution in [-0.4, -0.2) is 13.6 Å². The molecule has 1 nitrogen and oxygen atoms in total. The average molecular weight is 216 g/mol. The highest BCUT2D eigenvalue weighted by Crippen LogP contribution is 2.25. The van der Waals surface area contributed by atoms with Crippen molar-refractivity contribution in [2.45, 2.75) is 20.3 Å². The number of aryl methyl sites for hydroxylation is 1. The van der Waals surface area contributed by atoms with Crippen molar-refractivity contribution in [1.29, 1.82) is 0 Å². The summed E-state index contributed by atoms with van der Waals surface area (Å²) >= 11 is 5.80. The van der Waals surface area contributed by atoms with E-state index in [1.165, 1.54) is 0 Å². The molecule has 0 heterocycles. The number of halogens is 2. The summed E-state index contributed by atoms with van der Waals surface area (Å²) in [6, 6.07) is 1.96. The molecule has 1 rings (SSSR count). The molecule has 0 atom stereocenters. The first kappa shape index (κ1) is 11.5. The average Bonchev–Trinajstić information content (AvgIpc) is 2.18. The van der Waals surface area contributed by atoms with Crippen LogP contribution in [0.15, 0.2) is 6.07 Å². The van der Waals surface area contributed by atoms with Gasteiger partial charge in [-0.15, -0.1) is 0 Å². The number of hydrogen-bond donors (Lipinski definition) is 1. The Labute approximate surface area is 89.3 Å². The molecule has 0 aliphatic carbocycles.